The summed E-state index contributed by atoms with van der Waals surface area (Å²) in [6, 6.07) is 5.76. The fraction of sp³-hybridized carbons (Fsp3) is 0.462. The molecule has 0 amide bonds. The number of thioether (sulfide) groups is 1. The van der Waals surface area contributed by atoms with Gasteiger partial charge >= 0.3 is 0 Å². The van der Waals surface area contributed by atoms with Crippen LogP contribution in [0.2, 0.25) is 0 Å². The van der Waals surface area contributed by atoms with E-state index in [1.54, 1.807) is 0 Å². The van der Waals surface area contributed by atoms with Crippen molar-refractivity contribution < 1.29 is 4.79 Å². The number of rotatable bonds is 3. The van der Waals surface area contributed by atoms with Gasteiger partial charge in [0.15, 0.2) is 5.78 Å². The van der Waals surface area contributed by atoms with Crippen LogP contribution in [0.1, 0.15) is 29.6 Å². The molecule has 0 atom stereocenters. The van der Waals surface area contributed by atoms with Crippen LogP contribution in [0.25, 0.3) is 0 Å². The molecule has 4 heteroatoms. The molecule has 0 aromatic heterocycles. The van der Waals surface area contributed by atoms with Crippen LogP contribution in [-0.2, 0) is 0 Å². The first-order chi connectivity index (χ1) is 8.16. The Hall–Kier alpha value is 0.200. The minimum absolute atomic E-state index is 0.265. The number of Topliss-reactive ketones (excluding diaryl/α,β-unsaturated/α-hetero) is 1. The van der Waals surface area contributed by atoms with Gasteiger partial charge in [0.1, 0.15) is 0 Å². The van der Waals surface area contributed by atoms with E-state index in [0.717, 1.165) is 14.5 Å². The van der Waals surface area contributed by atoms with Gasteiger partial charge in [-0.05, 0) is 48.5 Å². The average molecular weight is 378 g/mol. The van der Waals surface area contributed by atoms with Crippen LogP contribution in [0, 0.1) is 5.92 Å². The van der Waals surface area contributed by atoms with Crippen molar-refractivity contribution in [3.8, 4) is 0 Å². The second kappa shape index (κ2) is 6.39. The van der Waals surface area contributed by atoms with Gasteiger partial charge in [-0.1, -0.05) is 31.9 Å². The molecular formula is C13H14Br2OS. The highest BCUT2D eigenvalue weighted by Gasteiger charge is 2.19. The van der Waals surface area contributed by atoms with Crippen LogP contribution < -0.4 is 0 Å². The Labute approximate surface area is 123 Å². The van der Waals surface area contributed by atoms with E-state index in [1.807, 2.05) is 30.0 Å². The SMILES string of the molecule is O=C(CC1CCSCC1)c1ccc(Br)cc1Br. The van der Waals surface area contributed by atoms with Gasteiger partial charge in [-0.3, -0.25) is 4.79 Å². The van der Waals surface area contributed by atoms with E-state index >= 15 is 0 Å². The Bertz CT molecular complexity index is 414. The second-order valence-electron chi connectivity index (χ2n) is 4.31. The van der Waals surface area contributed by atoms with E-state index in [-0.39, 0.29) is 5.78 Å². The average Bonchev–Trinajstić information content (AvgIpc) is 2.30. The number of ketones is 1. The molecule has 1 fully saturated rings. The molecule has 1 aliphatic rings. The van der Waals surface area contributed by atoms with Gasteiger partial charge in [0.2, 0.25) is 0 Å². The lowest BCUT2D eigenvalue weighted by Gasteiger charge is -2.20. The lowest BCUT2D eigenvalue weighted by atomic mass is 9.93. The van der Waals surface area contributed by atoms with Crippen LogP contribution in [-0.4, -0.2) is 17.3 Å². The Balaban J connectivity index is 2.03. The molecule has 0 radical (unpaired) electrons. The zero-order valence-corrected chi connectivity index (χ0v) is 13.4. The van der Waals surface area contributed by atoms with Gasteiger partial charge in [0.25, 0.3) is 0 Å². The van der Waals surface area contributed by atoms with Gasteiger partial charge in [0.05, 0.1) is 0 Å². The van der Waals surface area contributed by atoms with Crippen LogP contribution in [0.15, 0.2) is 27.1 Å². The summed E-state index contributed by atoms with van der Waals surface area (Å²) in [4.78, 5) is 12.2. The van der Waals surface area contributed by atoms with Crippen molar-refractivity contribution >= 4 is 49.4 Å². The standard InChI is InChI=1S/C13H14Br2OS/c14-10-1-2-11(12(15)8-10)13(16)7-9-3-5-17-6-4-9/h1-2,8-9H,3-7H2. The molecule has 1 heterocycles. The number of benzene rings is 1. The highest BCUT2D eigenvalue weighted by atomic mass is 79.9. The van der Waals surface area contributed by atoms with Crippen molar-refractivity contribution in [1.29, 1.82) is 0 Å². The zero-order chi connectivity index (χ0) is 12.3. The summed E-state index contributed by atoms with van der Waals surface area (Å²) in [5.41, 5.74) is 0.812. The lowest BCUT2D eigenvalue weighted by Crippen LogP contribution is -2.14. The minimum atomic E-state index is 0.265. The summed E-state index contributed by atoms with van der Waals surface area (Å²) in [5, 5.41) is 0. The Morgan fingerprint density at radius 3 is 2.65 bits per heavy atom. The van der Waals surface area contributed by atoms with E-state index in [1.165, 1.54) is 24.3 Å². The summed E-state index contributed by atoms with van der Waals surface area (Å²) >= 11 is 8.86. The number of hydrogen-bond acceptors (Lipinski definition) is 2. The maximum absolute atomic E-state index is 12.2. The van der Waals surface area contributed by atoms with Gasteiger partial charge in [-0.25, -0.2) is 0 Å². The monoisotopic (exact) mass is 376 g/mol. The quantitative estimate of drug-likeness (QED) is 0.694. The molecule has 1 nitrogen and oxygen atoms in total. The van der Waals surface area contributed by atoms with Gasteiger partial charge < -0.3 is 0 Å². The summed E-state index contributed by atoms with van der Waals surface area (Å²) in [5.74, 6) is 3.26. The summed E-state index contributed by atoms with van der Waals surface area (Å²) in [7, 11) is 0. The van der Waals surface area contributed by atoms with E-state index in [9.17, 15) is 4.79 Å². The van der Waals surface area contributed by atoms with Crippen molar-refractivity contribution in [2.45, 2.75) is 19.3 Å². The summed E-state index contributed by atoms with van der Waals surface area (Å²) < 4.78 is 1.89. The highest BCUT2D eigenvalue weighted by molar-refractivity contribution is 9.11. The highest BCUT2D eigenvalue weighted by Crippen LogP contribution is 2.29. The van der Waals surface area contributed by atoms with Gasteiger partial charge in [-0.15, -0.1) is 0 Å². The number of hydrogen-bond donors (Lipinski definition) is 0. The van der Waals surface area contributed by atoms with Crippen molar-refractivity contribution in [1.82, 2.24) is 0 Å². The van der Waals surface area contributed by atoms with Gasteiger partial charge in [0, 0.05) is 20.9 Å². The fourth-order valence-corrected chi connectivity index (χ4v) is 4.51. The van der Waals surface area contributed by atoms with Crippen LogP contribution in [0.5, 0.6) is 0 Å². The smallest absolute Gasteiger partial charge is 0.164 e. The zero-order valence-electron chi connectivity index (χ0n) is 9.42. The Morgan fingerprint density at radius 1 is 1.29 bits per heavy atom. The molecule has 2 rings (SSSR count). The molecule has 0 unspecified atom stereocenters. The van der Waals surface area contributed by atoms with Crippen LogP contribution in [0.3, 0.4) is 0 Å². The molecule has 92 valence electrons. The predicted octanol–water partition coefficient (Wildman–Crippen LogP) is 4.93. The van der Waals surface area contributed by atoms with Crippen molar-refractivity contribution in [3.05, 3.63) is 32.7 Å². The fourth-order valence-electron chi connectivity index (χ4n) is 2.04. The lowest BCUT2D eigenvalue weighted by molar-refractivity contribution is 0.0958. The molecule has 1 aromatic rings. The molecule has 1 aliphatic heterocycles. The maximum Gasteiger partial charge on any atom is 0.164 e. The topological polar surface area (TPSA) is 17.1 Å². The Morgan fingerprint density at radius 2 is 2.00 bits per heavy atom. The molecule has 1 aromatic carbocycles. The normalized spacial score (nSPS) is 17.1. The molecular weight excluding hydrogens is 364 g/mol. The maximum atomic E-state index is 12.2. The molecule has 0 aliphatic carbocycles. The Kier molecular flexibility index (Phi) is 5.12. The molecule has 0 saturated carbocycles. The second-order valence-corrected chi connectivity index (χ2v) is 7.30. The minimum Gasteiger partial charge on any atom is -0.294 e. The molecule has 0 spiro atoms. The third kappa shape index (κ3) is 3.83. The molecule has 1 saturated heterocycles. The number of carbonyl (C=O) groups is 1. The molecule has 0 bridgehead atoms. The molecule has 0 N–H and O–H groups in total. The third-order valence-corrected chi connectivity index (χ3v) is 5.24. The van der Waals surface area contributed by atoms with E-state index in [0.29, 0.717) is 12.3 Å². The molecule has 17 heavy (non-hydrogen) atoms. The number of carbonyl (C=O) groups excluding carboxylic acids is 1. The van der Waals surface area contributed by atoms with Crippen LogP contribution in [0.4, 0.5) is 0 Å². The van der Waals surface area contributed by atoms with E-state index in [4.69, 9.17) is 0 Å². The van der Waals surface area contributed by atoms with Gasteiger partial charge in [-0.2, -0.15) is 11.8 Å². The number of halogens is 2. The van der Waals surface area contributed by atoms with Crippen molar-refractivity contribution in [3.63, 3.8) is 0 Å². The van der Waals surface area contributed by atoms with Crippen molar-refractivity contribution in [2.24, 2.45) is 5.92 Å². The van der Waals surface area contributed by atoms with E-state index < -0.39 is 0 Å². The first-order valence-electron chi connectivity index (χ1n) is 5.73. The summed E-state index contributed by atoms with van der Waals surface area (Å²) in [6.45, 7) is 0. The van der Waals surface area contributed by atoms with E-state index in [2.05, 4.69) is 31.9 Å². The van der Waals surface area contributed by atoms with Crippen molar-refractivity contribution in [2.75, 3.05) is 11.5 Å². The third-order valence-electron chi connectivity index (χ3n) is 3.05. The largest absolute Gasteiger partial charge is 0.294 e. The van der Waals surface area contributed by atoms with Crippen LogP contribution >= 0.6 is 43.6 Å². The first kappa shape index (κ1) is 13.6. The summed E-state index contributed by atoms with van der Waals surface area (Å²) in [6.07, 6.45) is 3.07. The first-order valence-corrected chi connectivity index (χ1v) is 8.47. The predicted molar refractivity (Wildman–Crippen MR) is 80.8 cm³/mol.